The molecule has 1 saturated heterocycles. The van der Waals surface area contributed by atoms with Gasteiger partial charge in [-0.15, -0.1) is 0 Å². The quantitative estimate of drug-likeness (QED) is 0.201. The molecule has 3 aromatic carbocycles. The van der Waals surface area contributed by atoms with Gasteiger partial charge in [0.2, 0.25) is 0 Å². The zero-order valence-electron chi connectivity index (χ0n) is 24.7. The van der Waals surface area contributed by atoms with E-state index in [1.54, 1.807) is 0 Å². The van der Waals surface area contributed by atoms with Crippen LogP contribution in [0.25, 0.3) is 0 Å². The van der Waals surface area contributed by atoms with Crippen molar-refractivity contribution in [1.29, 1.82) is 0 Å². The van der Waals surface area contributed by atoms with Crippen LogP contribution in [0, 0.1) is 34.9 Å². The Morgan fingerprint density at radius 1 is 0.600 bits per heavy atom. The monoisotopic (exact) mass is 683 g/mol. The first-order chi connectivity index (χ1) is 21.8. The Labute approximate surface area is 273 Å². The molecule has 242 valence electrons. The van der Waals surface area contributed by atoms with Gasteiger partial charge in [-0.25, -0.2) is 26.3 Å². The van der Waals surface area contributed by atoms with Crippen molar-refractivity contribution in [2.24, 2.45) is 5.10 Å². The van der Waals surface area contributed by atoms with Crippen LogP contribution >= 0.6 is 35.3 Å². The molecule has 0 saturated carbocycles. The minimum Gasteiger partial charge on any atom is -0.371 e. The van der Waals surface area contributed by atoms with E-state index in [4.69, 9.17) is 0 Å². The second-order valence-corrected chi connectivity index (χ2v) is 14.6. The highest BCUT2D eigenvalue weighted by Crippen LogP contribution is 2.41. The summed E-state index contributed by atoms with van der Waals surface area (Å²) in [6.07, 6.45) is 4.57. The summed E-state index contributed by atoms with van der Waals surface area (Å²) in [7, 11) is 0. The molecule has 0 aromatic heterocycles. The predicted octanol–water partition coefficient (Wildman–Crippen LogP) is 9.46. The van der Waals surface area contributed by atoms with Crippen LogP contribution in [-0.4, -0.2) is 53.3 Å². The van der Waals surface area contributed by atoms with Crippen LogP contribution in [0.2, 0.25) is 0 Å². The standard InChI is InChI=1S/C33H35F6N3S3/c34-25-10-7-23(19-26(25)35)29-21-30(42(40-29)33-31(38)27(36)20-28(37)32(33)39)22-5-8-24(9-6-22)41-11-1-13-43-15-3-17-45-18-4-16-44-14-2-12-41/h5-10,19-20,30H,1-4,11-18,21H2/t30-/m0/s1. The number of hydrogen-bond donors (Lipinski definition) is 0. The van der Waals surface area contributed by atoms with Gasteiger partial charge in [-0.05, 0) is 96.1 Å². The largest absolute Gasteiger partial charge is 0.371 e. The SMILES string of the molecule is Fc1ccc(C2=NN(c3c(F)c(F)cc(F)c3F)[C@H](c3ccc(N4CCCSCCCSCCCSCCC4)cc3)C2)cc1F. The molecular weight excluding hydrogens is 649 g/mol. The van der Waals surface area contributed by atoms with Crippen LogP contribution in [0.1, 0.15) is 49.3 Å². The number of rotatable bonds is 4. The van der Waals surface area contributed by atoms with Crippen molar-refractivity contribution in [2.75, 3.05) is 57.5 Å². The van der Waals surface area contributed by atoms with E-state index in [1.807, 2.05) is 47.8 Å². The zero-order valence-corrected chi connectivity index (χ0v) is 27.2. The third-order valence-electron chi connectivity index (χ3n) is 7.71. The number of benzene rings is 3. The molecule has 3 aromatic rings. The van der Waals surface area contributed by atoms with E-state index < -0.39 is 46.6 Å². The first-order valence-corrected chi connectivity index (χ1v) is 18.5. The van der Waals surface area contributed by atoms with Gasteiger partial charge in [0.25, 0.3) is 0 Å². The van der Waals surface area contributed by atoms with Gasteiger partial charge >= 0.3 is 0 Å². The summed E-state index contributed by atoms with van der Waals surface area (Å²) < 4.78 is 86.2. The zero-order chi connectivity index (χ0) is 31.8. The van der Waals surface area contributed by atoms with Gasteiger partial charge in [-0.2, -0.15) is 40.4 Å². The fourth-order valence-corrected chi connectivity index (χ4v) is 8.45. The molecule has 0 aliphatic carbocycles. The summed E-state index contributed by atoms with van der Waals surface area (Å²) in [4.78, 5) is 2.35. The molecule has 0 spiro atoms. The summed E-state index contributed by atoms with van der Waals surface area (Å²) in [5.74, 6) is -1.52. The molecule has 45 heavy (non-hydrogen) atoms. The third kappa shape index (κ3) is 8.68. The second kappa shape index (κ2) is 16.4. The average molecular weight is 684 g/mol. The fraction of sp³-hybridized carbons (Fsp3) is 0.424. The maximum Gasteiger partial charge on any atom is 0.187 e. The molecule has 2 aliphatic heterocycles. The molecule has 5 rings (SSSR count). The summed E-state index contributed by atoms with van der Waals surface area (Å²) >= 11 is 6.03. The molecule has 12 heteroatoms. The molecule has 0 amide bonds. The summed E-state index contributed by atoms with van der Waals surface area (Å²) in [5, 5.41) is 5.19. The fourth-order valence-electron chi connectivity index (χ4n) is 5.41. The number of thioether (sulfide) groups is 3. The lowest BCUT2D eigenvalue weighted by Gasteiger charge is -2.27. The Morgan fingerprint density at radius 2 is 1.16 bits per heavy atom. The van der Waals surface area contributed by atoms with E-state index >= 15 is 8.78 Å². The Morgan fingerprint density at radius 3 is 1.71 bits per heavy atom. The van der Waals surface area contributed by atoms with E-state index in [2.05, 4.69) is 21.8 Å². The Kier molecular flexibility index (Phi) is 12.4. The van der Waals surface area contributed by atoms with Gasteiger partial charge in [0.15, 0.2) is 34.9 Å². The summed E-state index contributed by atoms with van der Waals surface area (Å²) in [6.45, 7) is 1.79. The Balaban J connectivity index is 1.40. The van der Waals surface area contributed by atoms with Crippen LogP contribution < -0.4 is 9.91 Å². The molecule has 2 aliphatic rings. The summed E-state index contributed by atoms with van der Waals surface area (Å²) in [6, 6.07) is 10.00. The van der Waals surface area contributed by atoms with Crippen molar-refractivity contribution in [3.05, 3.63) is 94.6 Å². The Hall–Kier alpha value is -2.44. The van der Waals surface area contributed by atoms with E-state index in [9.17, 15) is 17.6 Å². The maximum absolute atomic E-state index is 15.0. The van der Waals surface area contributed by atoms with E-state index in [-0.39, 0.29) is 23.8 Å². The maximum atomic E-state index is 15.0. The highest BCUT2D eigenvalue weighted by molar-refractivity contribution is 8.00. The molecule has 0 radical (unpaired) electrons. The molecule has 0 unspecified atom stereocenters. The van der Waals surface area contributed by atoms with E-state index in [0.29, 0.717) is 5.56 Å². The second-order valence-electron chi connectivity index (χ2n) is 10.9. The van der Waals surface area contributed by atoms with Gasteiger partial charge in [0.05, 0.1) is 11.8 Å². The molecule has 0 bridgehead atoms. The van der Waals surface area contributed by atoms with Crippen molar-refractivity contribution in [1.82, 2.24) is 0 Å². The number of anilines is 2. The number of nitrogens with zero attached hydrogens (tertiary/aromatic N) is 3. The lowest BCUT2D eigenvalue weighted by atomic mass is 9.97. The van der Waals surface area contributed by atoms with Crippen LogP contribution in [-0.2, 0) is 0 Å². The average Bonchev–Trinajstić information content (AvgIpc) is 3.47. The molecule has 1 atom stereocenters. The highest BCUT2D eigenvalue weighted by Gasteiger charge is 2.35. The topological polar surface area (TPSA) is 18.8 Å². The van der Waals surface area contributed by atoms with Crippen LogP contribution in [0.15, 0.2) is 53.6 Å². The third-order valence-corrected chi connectivity index (χ3v) is 11.2. The van der Waals surface area contributed by atoms with Crippen molar-refractivity contribution in [3.63, 3.8) is 0 Å². The van der Waals surface area contributed by atoms with Crippen molar-refractivity contribution in [3.8, 4) is 0 Å². The Bertz CT molecular complexity index is 1430. The minimum absolute atomic E-state index is 0.0398. The molecule has 2 heterocycles. The van der Waals surface area contributed by atoms with Gasteiger partial charge in [0, 0.05) is 36.8 Å². The smallest absolute Gasteiger partial charge is 0.187 e. The molecule has 1 fully saturated rings. The number of halogens is 6. The number of hydrazone groups is 1. The van der Waals surface area contributed by atoms with Crippen molar-refractivity contribution < 1.29 is 26.3 Å². The molecular formula is C33H35F6N3S3. The van der Waals surface area contributed by atoms with E-state index in [0.717, 1.165) is 60.3 Å². The van der Waals surface area contributed by atoms with Crippen molar-refractivity contribution in [2.45, 2.75) is 38.1 Å². The molecule has 3 nitrogen and oxygen atoms in total. The lowest BCUT2D eigenvalue weighted by molar-refractivity contribution is 0.448. The summed E-state index contributed by atoms with van der Waals surface area (Å²) in [5.41, 5.74) is 1.02. The van der Waals surface area contributed by atoms with Gasteiger partial charge in [0.1, 0.15) is 5.69 Å². The predicted molar refractivity (Wildman–Crippen MR) is 178 cm³/mol. The van der Waals surface area contributed by atoms with Crippen LogP contribution in [0.3, 0.4) is 0 Å². The number of hydrogen-bond acceptors (Lipinski definition) is 6. The lowest BCUT2D eigenvalue weighted by Crippen LogP contribution is -2.27. The van der Waals surface area contributed by atoms with E-state index in [1.165, 1.54) is 41.9 Å². The molecule has 0 N–H and O–H groups in total. The highest BCUT2D eigenvalue weighted by atomic mass is 32.2. The van der Waals surface area contributed by atoms with Crippen LogP contribution in [0.4, 0.5) is 37.7 Å². The van der Waals surface area contributed by atoms with Crippen molar-refractivity contribution >= 4 is 52.4 Å². The first-order valence-electron chi connectivity index (χ1n) is 15.1. The van der Waals surface area contributed by atoms with Crippen LogP contribution in [0.5, 0.6) is 0 Å². The normalized spacial score (nSPS) is 19.5. The van der Waals surface area contributed by atoms with Gasteiger partial charge < -0.3 is 4.90 Å². The van der Waals surface area contributed by atoms with Gasteiger partial charge in [-0.1, -0.05) is 12.1 Å². The van der Waals surface area contributed by atoms with Gasteiger partial charge in [-0.3, -0.25) is 5.01 Å². The first kappa shape index (κ1) is 33.9. The minimum atomic E-state index is -1.59.